The largest absolute Gasteiger partial charge is 0.380 e. The van der Waals surface area contributed by atoms with Crippen molar-refractivity contribution in [3.63, 3.8) is 0 Å². The Morgan fingerprint density at radius 3 is 2.84 bits per heavy atom. The number of nitrogens with zero attached hydrogens (tertiary/aromatic N) is 4. The maximum atomic E-state index is 5.59. The highest BCUT2D eigenvalue weighted by Crippen LogP contribution is 2.32. The molecule has 2 aromatic heterocycles. The summed E-state index contributed by atoms with van der Waals surface area (Å²) < 4.78 is 7.58. The van der Waals surface area contributed by atoms with Crippen LogP contribution in [-0.2, 0) is 17.8 Å². The molecule has 3 heterocycles. The summed E-state index contributed by atoms with van der Waals surface area (Å²) in [5.74, 6) is 1.01. The molecule has 130 valence electrons. The Bertz CT molecular complexity index is 783. The molecule has 0 amide bonds. The molecule has 1 aliphatic heterocycles. The number of likely N-dealkylation sites (tertiary alicyclic amines) is 1. The fourth-order valence-corrected chi connectivity index (χ4v) is 3.53. The van der Waals surface area contributed by atoms with Crippen LogP contribution in [0.4, 0.5) is 0 Å². The molecular weight excluding hydrogens is 314 g/mol. The van der Waals surface area contributed by atoms with E-state index in [4.69, 9.17) is 4.74 Å². The third-order valence-electron chi connectivity index (χ3n) is 4.79. The van der Waals surface area contributed by atoms with Crippen molar-refractivity contribution in [2.45, 2.75) is 31.7 Å². The maximum Gasteiger partial charge on any atom is 0.123 e. The summed E-state index contributed by atoms with van der Waals surface area (Å²) in [6, 6.07) is 10.7. The number of nitrogens with one attached hydrogen (secondary N) is 1. The highest BCUT2D eigenvalue weighted by Gasteiger charge is 2.34. The first-order chi connectivity index (χ1) is 12.3. The molecule has 1 fully saturated rings. The maximum absolute atomic E-state index is 5.59. The Morgan fingerprint density at radius 1 is 1.20 bits per heavy atom. The summed E-state index contributed by atoms with van der Waals surface area (Å²) in [6.07, 6.45) is 8.99. The number of hydrogen-bond donors (Lipinski definition) is 1. The minimum Gasteiger partial charge on any atom is -0.380 e. The second-order valence-corrected chi connectivity index (χ2v) is 6.54. The fourth-order valence-electron chi connectivity index (χ4n) is 3.53. The SMILES string of the molecule is CO[C@@H]1C[C@@H](c2ncc[nH]2)N(Cc2cnn(Cc3ccccc3)c2)C1. The van der Waals surface area contributed by atoms with E-state index in [1.165, 1.54) is 11.1 Å². The van der Waals surface area contributed by atoms with Crippen molar-refractivity contribution in [2.75, 3.05) is 13.7 Å². The number of hydrogen-bond acceptors (Lipinski definition) is 4. The molecule has 0 radical (unpaired) electrons. The lowest BCUT2D eigenvalue weighted by molar-refractivity contribution is 0.107. The van der Waals surface area contributed by atoms with E-state index in [0.29, 0.717) is 0 Å². The molecule has 4 rings (SSSR count). The van der Waals surface area contributed by atoms with Crippen LogP contribution in [0.25, 0.3) is 0 Å². The van der Waals surface area contributed by atoms with Gasteiger partial charge in [0.1, 0.15) is 5.82 Å². The molecule has 0 spiro atoms. The molecule has 1 N–H and O–H groups in total. The van der Waals surface area contributed by atoms with Crippen molar-refractivity contribution in [3.8, 4) is 0 Å². The first-order valence-electron chi connectivity index (χ1n) is 8.63. The van der Waals surface area contributed by atoms with E-state index in [1.807, 2.05) is 29.3 Å². The van der Waals surface area contributed by atoms with Gasteiger partial charge < -0.3 is 9.72 Å². The zero-order valence-corrected chi connectivity index (χ0v) is 14.4. The van der Waals surface area contributed by atoms with Gasteiger partial charge in [0.25, 0.3) is 0 Å². The van der Waals surface area contributed by atoms with Gasteiger partial charge in [-0.1, -0.05) is 30.3 Å². The third-order valence-corrected chi connectivity index (χ3v) is 4.79. The van der Waals surface area contributed by atoms with Gasteiger partial charge in [-0.25, -0.2) is 4.98 Å². The average molecular weight is 337 g/mol. The predicted octanol–water partition coefficient (Wildman–Crippen LogP) is 2.62. The van der Waals surface area contributed by atoms with Crippen molar-refractivity contribution in [1.29, 1.82) is 0 Å². The number of imidazole rings is 1. The van der Waals surface area contributed by atoms with E-state index < -0.39 is 0 Å². The zero-order valence-electron chi connectivity index (χ0n) is 14.4. The van der Waals surface area contributed by atoms with Crippen LogP contribution < -0.4 is 0 Å². The van der Waals surface area contributed by atoms with Crippen LogP contribution in [-0.4, -0.2) is 44.4 Å². The lowest BCUT2D eigenvalue weighted by Crippen LogP contribution is -2.25. The number of methoxy groups -OCH3 is 1. The summed E-state index contributed by atoms with van der Waals surface area (Å²) in [5.41, 5.74) is 2.47. The van der Waals surface area contributed by atoms with Crippen LogP contribution in [0.2, 0.25) is 0 Å². The average Bonchev–Trinajstić information content (AvgIpc) is 3.37. The molecule has 0 unspecified atom stereocenters. The monoisotopic (exact) mass is 337 g/mol. The van der Waals surface area contributed by atoms with Crippen molar-refractivity contribution in [3.05, 3.63) is 72.1 Å². The van der Waals surface area contributed by atoms with E-state index in [9.17, 15) is 0 Å². The highest BCUT2D eigenvalue weighted by atomic mass is 16.5. The first-order valence-corrected chi connectivity index (χ1v) is 8.63. The first kappa shape index (κ1) is 16.1. The quantitative estimate of drug-likeness (QED) is 0.751. The van der Waals surface area contributed by atoms with Crippen molar-refractivity contribution >= 4 is 0 Å². The van der Waals surface area contributed by atoms with Gasteiger partial charge in [-0.05, 0) is 12.0 Å². The Hall–Kier alpha value is -2.44. The van der Waals surface area contributed by atoms with Crippen LogP contribution in [0.3, 0.4) is 0 Å². The number of rotatable bonds is 6. The molecule has 1 aromatic carbocycles. The molecule has 25 heavy (non-hydrogen) atoms. The standard InChI is InChI=1S/C19H23N5O/c1-25-17-9-18(19-20-7-8-21-19)23(14-17)11-16-10-22-24(13-16)12-15-5-3-2-4-6-15/h2-8,10,13,17-18H,9,11-12,14H2,1H3,(H,20,21)/t17-,18+/m1/s1. The zero-order chi connectivity index (χ0) is 17.1. The Kier molecular flexibility index (Phi) is 4.63. The summed E-state index contributed by atoms with van der Waals surface area (Å²) in [7, 11) is 1.78. The van der Waals surface area contributed by atoms with Gasteiger partial charge in [0.05, 0.1) is 24.9 Å². The van der Waals surface area contributed by atoms with Crippen LogP contribution in [0.15, 0.2) is 55.1 Å². The normalized spacial score (nSPS) is 21.0. The van der Waals surface area contributed by atoms with E-state index >= 15 is 0 Å². The molecule has 3 aromatic rings. The number of H-pyrrole nitrogens is 1. The van der Waals surface area contributed by atoms with Gasteiger partial charge in [-0.2, -0.15) is 5.10 Å². The molecule has 0 aliphatic carbocycles. The molecule has 6 nitrogen and oxygen atoms in total. The Labute approximate surface area is 147 Å². The predicted molar refractivity (Wildman–Crippen MR) is 94.9 cm³/mol. The van der Waals surface area contributed by atoms with Crippen molar-refractivity contribution in [2.24, 2.45) is 0 Å². The van der Waals surface area contributed by atoms with Gasteiger partial charge in [-0.15, -0.1) is 0 Å². The van der Waals surface area contributed by atoms with Gasteiger partial charge in [0.2, 0.25) is 0 Å². The Morgan fingerprint density at radius 2 is 2.08 bits per heavy atom. The Balaban J connectivity index is 1.45. The lowest BCUT2D eigenvalue weighted by atomic mass is 10.2. The fraction of sp³-hybridized carbons (Fsp3) is 0.368. The number of benzene rings is 1. The highest BCUT2D eigenvalue weighted by molar-refractivity contribution is 5.16. The molecule has 2 atom stereocenters. The molecule has 1 aliphatic rings. The van der Waals surface area contributed by atoms with E-state index in [-0.39, 0.29) is 12.1 Å². The molecule has 6 heteroatoms. The summed E-state index contributed by atoms with van der Waals surface area (Å²) >= 11 is 0. The van der Waals surface area contributed by atoms with Crippen molar-refractivity contribution in [1.82, 2.24) is 24.6 Å². The van der Waals surface area contributed by atoms with Crippen LogP contribution in [0.1, 0.15) is 29.4 Å². The van der Waals surface area contributed by atoms with E-state index in [1.54, 1.807) is 7.11 Å². The lowest BCUT2D eigenvalue weighted by Gasteiger charge is -2.21. The third kappa shape index (κ3) is 3.65. The minimum atomic E-state index is 0.245. The number of ether oxygens (including phenoxy) is 1. The van der Waals surface area contributed by atoms with Crippen LogP contribution in [0, 0.1) is 0 Å². The van der Waals surface area contributed by atoms with Crippen LogP contribution in [0.5, 0.6) is 0 Å². The molecular formula is C19H23N5O. The topological polar surface area (TPSA) is 59.0 Å². The van der Waals surface area contributed by atoms with Crippen LogP contribution >= 0.6 is 0 Å². The smallest absolute Gasteiger partial charge is 0.123 e. The summed E-state index contributed by atoms with van der Waals surface area (Å²) in [5, 5.41) is 4.52. The second-order valence-electron chi connectivity index (χ2n) is 6.54. The summed E-state index contributed by atoms with van der Waals surface area (Å²) in [6.45, 7) is 2.55. The molecule has 0 saturated carbocycles. The van der Waals surface area contributed by atoms with Crippen molar-refractivity contribution < 1.29 is 4.74 Å². The van der Waals surface area contributed by atoms with E-state index in [0.717, 1.165) is 31.9 Å². The molecule has 0 bridgehead atoms. The number of aromatic nitrogens is 4. The van der Waals surface area contributed by atoms with E-state index in [2.05, 4.69) is 50.4 Å². The second kappa shape index (κ2) is 7.21. The minimum absolute atomic E-state index is 0.245. The van der Waals surface area contributed by atoms with Gasteiger partial charge in [0, 0.05) is 44.4 Å². The summed E-state index contributed by atoms with van der Waals surface area (Å²) in [4.78, 5) is 10.1. The molecule has 1 saturated heterocycles. The van der Waals surface area contributed by atoms with Gasteiger partial charge in [-0.3, -0.25) is 9.58 Å². The number of aromatic amines is 1. The van der Waals surface area contributed by atoms with Gasteiger partial charge >= 0.3 is 0 Å². The van der Waals surface area contributed by atoms with Gasteiger partial charge in [0.15, 0.2) is 0 Å².